The number of fused-ring (bicyclic) bond motifs is 3. The van der Waals surface area contributed by atoms with E-state index in [9.17, 15) is 10.1 Å². The molecule has 0 saturated carbocycles. The summed E-state index contributed by atoms with van der Waals surface area (Å²) in [5.74, 6) is 1.83. The SMILES string of the molecule is CC(=O)Nc1ccc(CCN2C[C@H]3COc4ccc(C#N)cc4[C@@H]3C2)cc1.Cl. The third-order valence-corrected chi connectivity index (χ3v) is 5.50. The number of halogens is 1. The quantitative estimate of drug-likeness (QED) is 0.856. The van der Waals surface area contributed by atoms with Crippen molar-refractivity contribution in [2.45, 2.75) is 19.3 Å². The van der Waals surface area contributed by atoms with Crippen molar-refractivity contribution >= 4 is 24.0 Å². The predicted molar refractivity (Wildman–Crippen MR) is 111 cm³/mol. The van der Waals surface area contributed by atoms with Crippen molar-refractivity contribution in [3.05, 3.63) is 59.2 Å². The van der Waals surface area contributed by atoms with E-state index in [0.717, 1.165) is 44.1 Å². The minimum absolute atomic E-state index is 0. The average Bonchev–Trinajstić information content (AvgIpc) is 3.10. The van der Waals surface area contributed by atoms with Crippen molar-refractivity contribution in [3.63, 3.8) is 0 Å². The molecule has 0 spiro atoms. The number of rotatable bonds is 4. The lowest BCUT2D eigenvalue weighted by atomic mass is 9.86. The van der Waals surface area contributed by atoms with Gasteiger partial charge in [0.2, 0.25) is 5.91 Å². The van der Waals surface area contributed by atoms with Gasteiger partial charge in [-0.2, -0.15) is 5.26 Å². The largest absolute Gasteiger partial charge is 0.493 e. The Balaban J connectivity index is 0.00000225. The van der Waals surface area contributed by atoms with Gasteiger partial charge in [0.25, 0.3) is 0 Å². The zero-order valence-corrected chi connectivity index (χ0v) is 16.7. The zero-order chi connectivity index (χ0) is 18.8. The van der Waals surface area contributed by atoms with Gasteiger partial charge in [-0.05, 0) is 42.3 Å². The Morgan fingerprint density at radius 2 is 2.04 bits per heavy atom. The number of nitrogens with one attached hydrogen (secondary N) is 1. The lowest BCUT2D eigenvalue weighted by Crippen LogP contribution is -2.25. The Bertz CT molecular complexity index is 892. The van der Waals surface area contributed by atoms with Gasteiger partial charge in [-0.3, -0.25) is 4.79 Å². The molecule has 5 nitrogen and oxygen atoms in total. The summed E-state index contributed by atoms with van der Waals surface area (Å²) in [7, 11) is 0. The summed E-state index contributed by atoms with van der Waals surface area (Å²) in [6, 6.07) is 16.1. The second-order valence-corrected chi connectivity index (χ2v) is 7.43. The molecule has 4 rings (SSSR count). The molecule has 2 heterocycles. The van der Waals surface area contributed by atoms with Crippen LogP contribution in [0, 0.1) is 17.2 Å². The molecule has 1 fully saturated rings. The maximum Gasteiger partial charge on any atom is 0.221 e. The Morgan fingerprint density at radius 3 is 2.75 bits per heavy atom. The molecule has 0 unspecified atom stereocenters. The third-order valence-electron chi connectivity index (χ3n) is 5.50. The zero-order valence-electron chi connectivity index (χ0n) is 15.9. The van der Waals surface area contributed by atoms with Crippen LogP contribution in [-0.4, -0.2) is 37.0 Å². The van der Waals surface area contributed by atoms with Gasteiger partial charge in [-0.15, -0.1) is 12.4 Å². The minimum Gasteiger partial charge on any atom is -0.493 e. The van der Waals surface area contributed by atoms with E-state index < -0.39 is 0 Å². The van der Waals surface area contributed by atoms with Gasteiger partial charge in [-0.25, -0.2) is 0 Å². The molecule has 1 amide bonds. The fraction of sp³-hybridized carbons (Fsp3) is 0.364. The number of ether oxygens (including phenoxy) is 1. The second-order valence-electron chi connectivity index (χ2n) is 7.43. The Morgan fingerprint density at radius 1 is 1.25 bits per heavy atom. The second kappa shape index (κ2) is 8.64. The van der Waals surface area contributed by atoms with Crippen LogP contribution in [0.5, 0.6) is 5.75 Å². The Hall–Kier alpha value is -2.55. The summed E-state index contributed by atoms with van der Waals surface area (Å²) in [6.45, 7) is 5.32. The molecule has 1 N–H and O–H groups in total. The van der Waals surface area contributed by atoms with Gasteiger partial charge in [0.15, 0.2) is 0 Å². The highest BCUT2D eigenvalue weighted by molar-refractivity contribution is 5.88. The number of likely N-dealkylation sites (tertiary alicyclic amines) is 1. The number of hydrogen-bond acceptors (Lipinski definition) is 4. The fourth-order valence-electron chi connectivity index (χ4n) is 4.15. The van der Waals surface area contributed by atoms with Crippen molar-refractivity contribution in [1.82, 2.24) is 4.90 Å². The van der Waals surface area contributed by atoms with E-state index in [1.54, 1.807) is 0 Å². The van der Waals surface area contributed by atoms with Gasteiger partial charge in [0.1, 0.15) is 5.75 Å². The van der Waals surface area contributed by atoms with Crippen LogP contribution >= 0.6 is 12.4 Å². The maximum atomic E-state index is 11.1. The van der Waals surface area contributed by atoms with Gasteiger partial charge in [0.05, 0.1) is 18.2 Å². The van der Waals surface area contributed by atoms with Crippen molar-refractivity contribution in [2.75, 3.05) is 31.6 Å². The van der Waals surface area contributed by atoms with E-state index in [-0.39, 0.29) is 18.3 Å². The Kier molecular flexibility index (Phi) is 6.23. The molecule has 0 aromatic heterocycles. The van der Waals surface area contributed by atoms with E-state index >= 15 is 0 Å². The summed E-state index contributed by atoms with van der Waals surface area (Å²) in [4.78, 5) is 13.6. The van der Waals surface area contributed by atoms with Crippen LogP contribution in [0.25, 0.3) is 0 Å². The topological polar surface area (TPSA) is 65.4 Å². The molecule has 0 bridgehead atoms. The number of carbonyl (C=O) groups is 1. The number of carbonyl (C=O) groups excluding carboxylic acids is 1. The molecule has 2 atom stereocenters. The number of hydrogen-bond donors (Lipinski definition) is 1. The lowest BCUT2D eigenvalue weighted by molar-refractivity contribution is -0.114. The van der Waals surface area contributed by atoms with Crippen LogP contribution < -0.4 is 10.1 Å². The smallest absolute Gasteiger partial charge is 0.221 e. The van der Waals surface area contributed by atoms with Gasteiger partial charge in [-0.1, -0.05) is 12.1 Å². The van der Waals surface area contributed by atoms with Crippen LogP contribution in [0.4, 0.5) is 5.69 Å². The number of anilines is 1. The first-order valence-electron chi connectivity index (χ1n) is 9.38. The molecular formula is C22H24ClN3O2. The van der Waals surface area contributed by atoms with E-state index in [1.807, 2.05) is 30.3 Å². The normalized spacial score (nSPS) is 20.1. The predicted octanol–water partition coefficient (Wildman–Crippen LogP) is 3.59. The highest BCUT2D eigenvalue weighted by Gasteiger charge is 2.38. The number of benzene rings is 2. The molecule has 2 aromatic rings. The van der Waals surface area contributed by atoms with E-state index in [0.29, 0.717) is 17.4 Å². The summed E-state index contributed by atoms with van der Waals surface area (Å²) >= 11 is 0. The van der Waals surface area contributed by atoms with Crippen LogP contribution in [0.3, 0.4) is 0 Å². The first-order chi connectivity index (χ1) is 13.1. The standard InChI is InChI=1S/C22H23N3O2.ClH/c1-15(26)24-19-5-2-16(3-6-19)8-9-25-12-18-14-27-22-7-4-17(11-23)10-20(22)21(18)13-25;/h2-7,10,18,21H,8-9,12-14H2,1H3,(H,24,26);1H/t18-,21+;/m0./s1. The average molecular weight is 398 g/mol. The molecule has 1 saturated heterocycles. The highest BCUT2D eigenvalue weighted by Crippen LogP contribution is 2.41. The van der Waals surface area contributed by atoms with E-state index in [4.69, 9.17) is 4.74 Å². The van der Waals surface area contributed by atoms with Crippen LogP contribution in [-0.2, 0) is 11.2 Å². The Labute approximate surface area is 171 Å². The molecule has 0 aliphatic carbocycles. The van der Waals surface area contributed by atoms with E-state index in [1.165, 1.54) is 18.1 Å². The molecule has 146 valence electrons. The summed E-state index contributed by atoms with van der Waals surface area (Å²) in [5, 5.41) is 12.0. The van der Waals surface area contributed by atoms with Gasteiger partial charge >= 0.3 is 0 Å². The van der Waals surface area contributed by atoms with Crippen molar-refractivity contribution in [3.8, 4) is 11.8 Å². The number of nitriles is 1. The molecule has 2 aromatic carbocycles. The molecule has 0 radical (unpaired) electrons. The molecule has 2 aliphatic heterocycles. The lowest BCUT2D eigenvalue weighted by Gasteiger charge is -2.27. The number of amides is 1. The molecule has 28 heavy (non-hydrogen) atoms. The molecule has 2 aliphatic rings. The molecule has 6 heteroatoms. The minimum atomic E-state index is -0.0514. The number of nitrogens with zero attached hydrogens (tertiary/aromatic N) is 2. The monoisotopic (exact) mass is 397 g/mol. The van der Waals surface area contributed by atoms with E-state index in [2.05, 4.69) is 28.4 Å². The summed E-state index contributed by atoms with van der Waals surface area (Å²) in [6.07, 6.45) is 0.978. The highest BCUT2D eigenvalue weighted by atomic mass is 35.5. The van der Waals surface area contributed by atoms with Crippen LogP contribution in [0.2, 0.25) is 0 Å². The van der Waals surface area contributed by atoms with Crippen molar-refractivity contribution < 1.29 is 9.53 Å². The summed E-state index contributed by atoms with van der Waals surface area (Å²) in [5.41, 5.74) is 3.99. The van der Waals surface area contributed by atoms with Crippen molar-refractivity contribution in [1.29, 1.82) is 5.26 Å². The van der Waals surface area contributed by atoms with Crippen LogP contribution in [0.1, 0.15) is 29.5 Å². The van der Waals surface area contributed by atoms with Crippen molar-refractivity contribution in [2.24, 2.45) is 5.92 Å². The maximum absolute atomic E-state index is 11.1. The fourth-order valence-corrected chi connectivity index (χ4v) is 4.15. The molecular weight excluding hydrogens is 374 g/mol. The third kappa shape index (κ3) is 4.30. The van der Waals surface area contributed by atoms with Gasteiger partial charge in [0, 0.05) is 49.6 Å². The summed E-state index contributed by atoms with van der Waals surface area (Å²) < 4.78 is 5.92. The van der Waals surface area contributed by atoms with Crippen LogP contribution in [0.15, 0.2) is 42.5 Å². The van der Waals surface area contributed by atoms with Gasteiger partial charge < -0.3 is 15.0 Å². The first-order valence-corrected chi connectivity index (χ1v) is 9.38. The first kappa shape index (κ1) is 20.2.